The fraction of sp³-hybridized carbons (Fsp3) is 0.171. The predicted octanol–water partition coefficient (Wildman–Crippen LogP) is 14.4. The molecule has 4 atom stereocenters. The molecule has 0 heterocycles. The Morgan fingerprint density at radius 1 is 0.208 bits per heavy atom. The molecule has 23 rings (SSSR count). The molecule has 8 bridgehead atoms. The zero-order valence-electron chi connectivity index (χ0n) is 39.2. The molecule has 9 aromatic carbocycles. The molecule has 0 saturated heterocycles. The third kappa shape index (κ3) is 4.02. The Bertz CT molecular complexity index is 3690. The molecule has 0 fully saturated rings. The lowest BCUT2D eigenvalue weighted by molar-refractivity contribution is 0.0528. The Labute approximate surface area is 417 Å². The molecule has 0 aliphatic heterocycles. The Morgan fingerprint density at radius 3 is 0.639 bits per heavy atom. The number of rotatable bonds is 0. The van der Waals surface area contributed by atoms with Crippen LogP contribution in [0.3, 0.4) is 0 Å². The first kappa shape index (κ1) is 37.8. The van der Waals surface area contributed by atoms with Crippen molar-refractivity contribution in [1.82, 2.24) is 0 Å². The minimum Gasteiger partial charge on any atom is -0.294 e. The van der Waals surface area contributed by atoms with Gasteiger partial charge in [-0.15, -0.1) is 0 Å². The van der Waals surface area contributed by atoms with E-state index in [-0.39, 0.29) is 70.7 Å². The number of carbonyl (C=O) groups is 2. The van der Waals surface area contributed by atoms with Crippen LogP contribution in [0.4, 0.5) is 0 Å². The summed E-state index contributed by atoms with van der Waals surface area (Å²) >= 11 is 0. The first-order valence-electron chi connectivity index (χ1n) is 26.4. The first-order valence-corrected chi connectivity index (χ1v) is 26.4. The summed E-state index contributed by atoms with van der Waals surface area (Å²) in [6.07, 6.45) is 0. The molecule has 0 aromatic heterocycles. The minimum absolute atomic E-state index is 0.00442. The van der Waals surface area contributed by atoms with Crippen molar-refractivity contribution in [3.05, 3.63) is 328 Å². The summed E-state index contributed by atoms with van der Waals surface area (Å²) in [4.78, 5) is 35.4. The summed E-state index contributed by atoms with van der Waals surface area (Å²) in [7, 11) is 0. The highest BCUT2D eigenvalue weighted by atomic mass is 16.1. The topological polar surface area (TPSA) is 34.1 Å². The van der Waals surface area contributed by atoms with Crippen LogP contribution in [0.25, 0.3) is 0 Å². The lowest BCUT2D eigenvalue weighted by Crippen LogP contribution is -2.57. The number of fused-ring (bicyclic) bond motifs is 2. The molecule has 0 spiro atoms. The zero-order chi connectivity index (χ0) is 46.6. The van der Waals surface area contributed by atoms with Crippen LogP contribution in [0.1, 0.15) is 179 Å². The van der Waals surface area contributed by atoms with Crippen LogP contribution in [0.15, 0.2) is 205 Å². The highest BCUT2D eigenvalue weighted by Gasteiger charge is 2.67. The summed E-state index contributed by atoms with van der Waals surface area (Å²) in [6, 6.07) is 72.9. The second-order valence-corrected chi connectivity index (χ2v) is 22.7. The van der Waals surface area contributed by atoms with Crippen molar-refractivity contribution >= 4 is 11.6 Å². The standard InChI is InChI=1S/C70H44O2/c71-69-65-61-53-41-25-9-1-17-33(41)49(34-18-2-10-26-42(34)53)57(61)58-50-35-19-3-11-27-43(35)54(44-28-12-4-20-36(44)50)62(58)66(65)70(72)68-64-56-47-31-15-7-23-39(47)52(40-24-8-16-32-48(40)56)60(64)59-51-37-21-5-13-29-45(37)55(63(59)67(68)69)46-30-14-6-22-38(46)51/h1-32,49-56,61-62,65-66H/t49?,50?,51?,52?,53?,54?,55?,56?,61-,62-,65+,66+/m0/s1. The molecule has 0 amide bonds. The van der Waals surface area contributed by atoms with Crippen LogP contribution >= 0.6 is 0 Å². The van der Waals surface area contributed by atoms with E-state index in [2.05, 4.69) is 194 Å². The molecular weight excluding hydrogens is 873 g/mol. The summed E-state index contributed by atoms with van der Waals surface area (Å²) in [5, 5.41) is 0. The smallest absolute Gasteiger partial charge is 0.168 e. The molecular formula is C70H44O2. The monoisotopic (exact) mass is 916 g/mol. The van der Waals surface area contributed by atoms with Crippen LogP contribution in [0.5, 0.6) is 0 Å². The Morgan fingerprint density at radius 2 is 0.403 bits per heavy atom. The molecule has 336 valence electrons. The number of allylic oxidation sites excluding steroid dienone is 2. The highest BCUT2D eigenvalue weighted by Crippen LogP contribution is 2.74. The minimum atomic E-state index is -0.532. The van der Waals surface area contributed by atoms with Crippen molar-refractivity contribution in [2.45, 2.75) is 47.3 Å². The fourth-order valence-electron chi connectivity index (χ4n) is 18.7. The van der Waals surface area contributed by atoms with Gasteiger partial charge in [0.05, 0.1) is 0 Å². The van der Waals surface area contributed by atoms with E-state index in [1.165, 1.54) is 111 Å². The van der Waals surface area contributed by atoms with Crippen LogP contribution in [0.2, 0.25) is 0 Å². The van der Waals surface area contributed by atoms with Gasteiger partial charge in [-0.2, -0.15) is 0 Å². The molecule has 0 saturated carbocycles. The van der Waals surface area contributed by atoms with Gasteiger partial charge in [-0.3, -0.25) is 9.59 Å². The molecule has 14 aliphatic carbocycles. The van der Waals surface area contributed by atoms with E-state index in [4.69, 9.17) is 0 Å². The predicted molar refractivity (Wildman–Crippen MR) is 279 cm³/mol. The summed E-state index contributed by atoms with van der Waals surface area (Å²) < 4.78 is 0. The maximum atomic E-state index is 17.7. The number of Topliss-reactive ketones (excluding diaryl/α,β-unsaturated/α-hetero) is 2. The van der Waals surface area contributed by atoms with Gasteiger partial charge >= 0.3 is 0 Å². The van der Waals surface area contributed by atoms with Crippen LogP contribution < -0.4 is 0 Å². The van der Waals surface area contributed by atoms with E-state index in [1.807, 2.05) is 0 Å². The van der Waals surface area contributed by atoms with Crippen molar-refractivity contribution in [3.8, 4) is 0 Å². The van der Waals surface area contributed by atoms with E-state index in [9.17, 15) is 0 Å². The van der Waals surface area contributed by atoms with Crippen LogP contribution in [0, 0.1) is 23.7 Å². The average molecular weight is 917 g/mol. The van der Waals surface area contributed by atoms with Gasteiger partial charge in [0.2, 0.25) is 0 Å². The molecule has 0 N–H and O–H groups in total. The number of carbonyl (C=O) groups excluding carboxylic acids is 2. The van der Waals surface area contributed by atoms with E-state index >= 15 is 9.59 Å². The largest absolute Gasteiger partial charge is 0.294 e. The average Bonchev–Trinajstić information content (AvgIpc) is 3.45. The Kier molecular flexibility index (Phi) is 6.69. The lowest BCUT2D eigenvalue weighted by Gasteiger charge is -2.62. The normalized spacial score (nSPS) is 29.1. The van der Waals surface area contributed by atoms with E-state index < -0.39 is 11.8 Å². The first-order chi connectivity index (χ1) is 35.7. The van der Waals surface area contributed by atoms with Crippen molar-refractivity contribution in [3.63, 3.8) is 0 Å². The van der Waals surface area contributed by atoms with Gasteiger partial charge in [-0.05, 0) is 111 Å². The van der Waals surface area contributed by atoms with Gasteiger partial charge in [0.25, 0.3) is 0 Å². The number of ketones is 2. The van der Waals surface area contributed by atoms with E-state index in [0.29, 0.717) is 0 Å². The SMILES string of the molecule is O=C1c2c(c3c(c4c2C2c5ccccc5C4c4ccccc42)C2c4ccccc4C3c3ccccc32)C(=O)[C@H]2[C@H]1[C@@H]1C(=C3C4c5ccccc5C(c5ccccc54)[C@@H]32)C2c3ccccc3C1c1ccccc12. The molecule has 0 unspecified atom stereocenters. The van der Waals surface area contributed by atoms with Crippen molar-refractivity contribution in [2.75, 3.05) is 0 Å². The van der Waals surface area contributed by atoms with Crippen LogP contribution in [-0.4, -0.2) is 11.6 Å². The summed E-state index contributed by atoms with van der Waals surface area (Å²) in [5.41, 5.74) is 30.6. The third-order valence-electron chi connectivity index (χ3n) is 20.5. The van der Waals surface area contributed by atoms with E-state index in [1.54, 1.807) is 0 Å². The molecule has 0 radical (unpaired) electrons. The van der Waals surface area contributed by atoms with Gasteiger partial charge in [0.1, 0.15) is 0 Å². The van der Waals surface area contributed by atoms with Gasteiger partial charge in [0, 0.05) is 82.1 Å². The number of benzene rings is 9. The van der Waals surface area contributed by atoms with Gasteiger partial charge < -0.3 is 0 Å². The molecule has 72 heavy (non-hydrogen) atoms. The lowest BCUT2D eigenvalue weighted by atomic mass is 9.40. The van der Waals surface area contributed by atoms with Gasteiger partial charge in [-0.1, -0.05) is 205 Å². The quantitative estimate of drug-likeness (QED) is 0.142. The number of hydrogen-bond donors (Lipinski definition) is 0. The second kappa shape index (κ2) is 12.7. The van der Waals surface area contributed by atoms with Crippen LogP contribution in [-0.2, 0) is 0 Å². The van der Waals surface area contributed by atoms with Crippen molar-refractivity contribution < 1.29 is 9.59 Å². The highest BCUT2D eigenvalue weighted by molar-refractivity contribution is 6.20. The fourth-order valence-corrected chi connectivity index (χ4v) is 18.7. The molecule has 14 aliphatic rings. The van der Waals surface area contributed by atoms with Gasteiger partial charge in [0.15, 0.2) is 11.6 Å². The summed E-state index contributed by atoms with van der Waals surface area (Å²) in [5.74, 6) is -1.51. The molecule has 2 heteroatoms. The third-order valence-corrected chi connectivity index (χ3v) is 20.5. The van der Waals surface area contributed by atoms with Crippen molar-refractivity contribution in [1.29, 1.82) is 0 Å². The summed E-state index contributed by atoms with van der Waals surface area (Å²) in [6.45, 7) is 0. The molecule has 2 nitrogen and oxygen atoms in total. The number of hydrogen-bond acceptors (Lipinski definition) is 2. The van der Waals surface area contributed by atoms with E-state index in [0.717, 1.165) is 22.3 Å². The molecule has 9 aromatic rings. The maximum Gasteiger partial charge on any atom is 0.168 e. The van der Waals surface area contributed by atoms with Gasteiger partial charge in [-0.25, -0.2) is 0 Å². The maximum absolute atomic E-state index is 17.7. The zero-order valence-corrected chi connectivity index (χ0v) is 39.2. The Balaban J connectivity index is 0.978. The van der Waals surface area contributed by atoms with Crippen molar-refractivity contribution in [2.24, 2.45) is 23.7 Å². The Hall–Kier alpha value is -7.94. The second-order valence-electron chi connectivity index (χ2n) is 22.7.